The van der Waals surface area contributed by atoms with E-state index in [9.17, 15) is 13.2 Å². The summed E-state index contributed by atoms with van der Waals surface area (Å²) in [5.74, 6) is 0.986. The van der Waals surface area contributed by atoms with Crippen molar-refractivity contribution in [1.82, 2.24) is 9.21 Å². The van der Waals surface area contributed by atoms with Crippen molar-refractivity contribution < 1.29 is 22.7 Å². The van der Waals surface area contributed by atoms with Crippen LogP contribution in [-0.2, 0) is 21.2 Å². The molecule has 0 radical (unpaired) electrons. The van der Waals surface area contributed by atoms with Crippen molar-refractivity contribution in [2.24, 2.45) is 0 Å². The molecule has 4 rings (SSSR count). The molecule has 9 heteroatoms. The van der Waals surface area contributed by atoms with Gasteiger partial charge in [0.15, 0.2) is 11.5 Å². The van der Waals surface area contributed by atoms with Crippen LogP contribution in [0.5, 0.6) is 11.5 Å². The van der Waals surface area contributed by atoms with E-state index in [2.05, 4.69) is 0 Å². The molecule has 0 aromatic heterocycles. The fourth-order valence-corrected chi connectivity index (χ4v) is 5.08. The monoisotopic (exact) mass is 450 g/mol. The summed E-state index contributed by atoms with van der Waals surface area (Å²) < 4.78 is 38.7. The SMILES string of the molecule is O=C(Cc1ccc(Cl)cc1)N1CCN(S(=O)(=O)c2ccc3c(c2)OCCCO3)CC1. The molecule has 0 atom stereocenters. The van der Waals surface area contributed by atoms with E-state index in [1.807, 2.05) is 12.1 Å². The van der Waals surface area contributed by atoms with Gasteiger partial charge in [0, 0.05) is 43.7 Å². The van der Waals surface area contributed by atoms with Crippen molar-refractivity contribution in [3.05, 3.63) is 53.1 Å². The van der Waals surface area contributed by atoms with E-state index in [4.69, 9.17) is 21.1 Å². The van der Waals surface area contributed by atoms with Gasteiger partial charge in [-0.15, -0.1) is 0 Å². The quantitative estimate of drug-likeness (QED) is 0.715. The Labute approximate surface area is 181 Å². The predicted molar refractivity (Wildman–Crippen MR) is 113 cm³/mol. The first kappa shape index (κ1) is 21.0. The van der Waals surface area contributed by atoms with Crippen molar-refractivity contribution in [2.75, 3.05) is 39.4 Å². The van der Waals surface area contributed by atoms with Crippen LogP contribution in [0.4, 0.5) is 0 Å². The summed E-state index contributed by atoms with van der Waals surface area (Å²) in [5.41, 5.74) is 0.881. The maximum absolute atomic E-state index is 13.1. The zero-order valence-corrected chi connectivity index (χ0v) is 18.0. The normalized spacial score (nSPS) is 17.4. The lowest BCUT2D eigenvalue weighted by molar-refractivity contribution is -0.131. The van der Waals surface area contributed by atoms with Crippen LogP contribution in [0.15, 0.2) is 47.4 Å². The maximum Gasteiger partial charge on any atom is 0.243 e. The van der Waals surface area contributed by atoms with Crippen molar-refractivity contribution in [1.29, 1.82) is 0 Å². The van der Waals surface area contributed by atoms with E-state index >= 15 is 0 Å². The number of fused-ring (bicyclic) bond motifs is 1. The highest BCUT2D eigenvalue weighted by Gasteiger charge is 2.31. The van der Waals surface area contributed by atoms with E-state index < -0.39 is 10.0 Å². The standard InChI is InChI=1S/C21H23ClN2O5S/c22-17-4-2-16(3-5-17)14-21(25)23-8-10-24(11-9-23)30(26,27)18-6-7-19-20(15-18)29-13-1-12-28-19/h2-7,15H,1,8-14H2. The van der Waals surface area contributed by atoms with E-state index in [0.29, 0.717) is 42.8 Å². The Morgan fingerprint density at radius 3 is 2.30 bits per heavy atom. The van der Waals surface area contributed by atoms with Gasteiger partial charge in [0.1, 0.15) is 0 Å². The Morgan fingerprint density at radius 2 is 1.60 bits per heavy atom. The topological polar surface area (TPSA) is 76.2 Å². The first-order valence-electron chi connectivity index (χ1n) is 9.85. The van der Waals surface area contributed by atoms with Crippen molar-refractivity contribution in [2.45, 2.75) is 17.7 Å². The van der Waals surface area contributed by atoms with Gasteiger partial charge >= 0.3 is 0 Å². The number of sulfonamides is 1. The van der Waals surface area contributed by atoms with Crippen molar-refractivity contribution >= 4 is 27.5 Å². The smallest absolute Gasteiger partial charge is 0.243 e. The lowest BCUT2D eigenvalue weighted by atomic mass is 10.1. The van der Waals surface area contributed by atoms with E-state index in [1.165, 1.54) is 10.4 Å². The second kappa shape index (κ2) is 8.83. The van der Waals surface area contributed by atoms with E-state index in [1.54, 1.807) is 29.2 Å². The number of hydrogen-bond acceptors (Lipinski definition) is 5. The first-order valence-corrected chi connectivity index (χ1v) is 11.7. The maximum atomic E-state index is 13.1. The molecule has 2 heterocycles. The van der Waals surface area contributed by atoms with Crippen LogP contribution in [0.25, 0.3) is 0 Å². The number of carbonyl (C=O) groups excluding carboxylic acids is 1. The molecule has 0 aliphatic carbocycles. The summed E-state index contributed by atoms with van der Waals surface area (Å²) in [6.45, 7) is 2.26. The Bertz CT molecular complexity index is 1020. The third-order valence-corrected chi connectivity index (χ3v) is 7.36. The number of ether oxygens (including phenoxy) is 2. The molecular formula is C21H23ClN2O5S. The molecule has 1 amide bonds. The first-order chi connectivity index (χ1) is 14.4. The highest BCUT2D eigenvalue weighted by atomic mass is 35.5. The van der Waals surface area contributed by atoms with Gasteiger partial charge in [0.25, 0.3) is 0 Å². The third kappa shape index (κ3) is 4.55. The van der Waals surface area contributed by atoms with Crippen LogP contribution < -0.4 is 9.47 Å². The van der Waals surface area contributed by atoms with Gasteiger partial charge in [-0.2, -0.15) is 4.31 Å². The molecule has 0 bridgehead atoms. The molecule has 160 valence electrons. The van der Waals surface area contributed by atoms with Gasteiger partial charge in [-0.25, -0.2) is 8.42 Å². The molecule has 0 N–H and O–H groups in total. The van der Waals surface area contributed by atoms with Gasteiger partial charge < -0.3 is 14.4 Å². The number of piperazine rings is 1. The van der Waals surface area contributed by atoms with Crippen LogP contribution in [0.1, 0.15) is 12.0 Å². The number of carbonyl (C=O) groups is 1. The summed E-state index contributed by atoms with van der Waals surface area (Å²) in [4.78, 5) is 14.4. The van der Waals surface area contributed by atoms with Crippen LogP contribution in [0.3, 0.4) is 0 Å². The molecule has 2 aromatic rings. The molecule has 0 saturated carbocycles. The van der Waals surface area contributed by atoms with Crippen LogP contribution in [-0.4, -0.2) is 62.9 Å². The lowest BCUT2D eigenvalue weighted by Crippen LogP contribution is -2.50. The molecule has 2 aliphatic rings. The van der Waals surface area contributed by atoms with Gasteiger partial charge in [0.05, 0.1) is 24.5 Å². The van der Waals surface area contributed by atoms with E-state index in [0.717, 1.165) is 12.0 Å². The second-order valence-corrected chi connectivity index (χ2v) is 9.62. The van der Waals surface area contributed by atoms with Gasteiger partial charge in [-0.1, -0.05) is 23.7 Å². The molecule has 2 aliphatic heterocycles. The Kier molecular flexibility index (Phi) is 6.17. The zero-order valence-electron chi connectivity index (χ0n) is 16.4. The van der Waals surface area contributed by atoms with Crippen LogP contribution in [0, 0.1) is 0 Å². The second-order valence-electron chi connectivity index (χ2n) is 7.25. The number of hydrogen-bond donors (Lipinski definition) is 0. The van der Waals surface area contributed by atoms with Crippen molar-refractivity contribution in [3.8, 4) is 11.5 Å². The minimum atomic E-state index is -3.68. The number of halogens is 1. The predicted octanol–water partition coefficient (Wildman–Crippen LogP) is 2.58. The Balaban J connectivity index is 1.40. The van der Waals surface area contributed by atoms with Gasteiger partial charge in [0.2, 0.25) is 15.9 Å². The highest BCUT2D eigenvalue weighted by molar-refractivity contribution is 7.89. The minimum absolute atomic E-state index is 0.0232. The average molecular weight is 451 g/mol. The Morgan fingerprint density at radius 1 is 0.933 bits per heavy atom. The fraction of sp³-hybridized carbons (Fsp3) is 0.381. The largest absolute Gasteiger partial charge is 0.490 e. The molecule has 0 spiro atoms. The van der Waals surface area contributed by atoms with Gasteiger partial charge in [-0.3, -0.25) is 4.79 Å². The summed E-state index contributed by atoms with van der Waals surface area (Å²) >= 11 is 5.88. The molecule has 1 fully saturated rings. The lowest BCUT2D eigenvalue weighted by Gasteiger charge is -2.34. The minimum Gasteiger partial charge on any atom is -0.490 e. The summed E-state index contributed by atoms with van der Waals surface area (Å²) in [7, 11) is -3.68. The summed E-state index contributed by atoms with van der Waals surface area (Å²) in [6.07, 6.45) is 1.02. The number of amides is 1. The number of benzene rings is 2. The van der Waals surface area contributed by atoms with Crippen LogP contribution in [0.2, 0.25) is 5.02 Å². The van der Waals surface area contributed by atoms with Crippen molar-refractivity contribution in [3.63, 3.8) is 0 Å². The fourth-order valence-electron chi connectivity index (χ4n) is 3.52. The molecular weight excluding hydrogens is 428 g/mol. The van der Waals surface area contributed by atoms with E-state index in [-0.39, 0.29) is 30.3 Å². The molecule has 1 saturated heterocycles. The highest BCUT2D eigenvalue weighted by Crippen LogP contribution is 2.33. The van der Waals surface area contributed by atoms with Gasteiger partial charge in [-0.05, 0) is 29.8 Å². The number of nitrogens with zero attached hydrogens (tertiary/aromatic N) is 2. The molecule has 2 aromatic carbocycles. The Hall–Kier alpha value is -2.29. The molecule has 7 nitrogen and oxygen atoms in total. The molecule has 30 heavy (non-hydrogen) atoms. The third-order valence-electron chi connectivity index (χ3n) is 5.22. The number of rotatable bonds is 4. The summed E-state index contributed by atoms with van der Waals surface area (Å²) in [6, 6.07) is 11.9. The summed E-state index contributed by atoms with van der Waals surface area (Å²) in [5, 5.41) is 0.625. The van der Waals surface area contributed by atoms with Crippen LogP contribution >= 0.6 is 11.6 Å². The molecule has 0 unspecified atom stereocenters. The average Bonchev–Trinajstić information content (AvgIpc) is 3.00. The zero-order chi connectivity index (χ0) is 21.1.